The minimum atomic E-state index is -4.53. The number of alkyl halides is 3. The van der Waals surface area contributed by atoms with Crippen LogP contribution in [0.5, 0.6) is 0 Å². The molecule has 24 heavy (non-hydrogen) atoms. The summed E-state index contributed by atoms with van der Waals surface area (Å²) >= 11 is 0. The number of amides is 1. The summed E-state index contributed by atoms with van der Waals surface area (Å²) < 4.78 is 48.9. The van der Waals surface area contributed by atoms with E-state index in [1.807, 2.05) is 0 Å². The van der Waals surface area contributed by atoms with Gasteiger partial charge in [-0.05, 0) is 13.0 Å². The van der Waals surface area contributed by atoms with Crippen LogP contribution in [-0.2, 0) is 10.9 Å². The first kappa shape index (κ1) is 16.5. The summed E-state index contributed by atoms with van der Waals surface area (Å²) in [6.07, 6.45) is -4.40. The van der Waals surface area contributed by atoms with Crippen molar-refractivity contribution in [1.82, 2.24) is 20.1 Å². The third-order valence-corrected chi connectivity index (χ3v) is 3.60. The van der Waals surface area contributed by atoms with Crippen molar-refractivity contribution in [2.24, 2.45) is 0 Å². The van der Waals surface area contributed by atoms with Crippen LogP contribution in [0.25, 0.3) is 0 Å². The minimum Gasteiger partial charge on any atom is -0.423 e. The Balaban J connectivity index is 1.77. The van der Waals surface area contributed by atoms with Crippen LogP contribution in [0, 0.1) is 6.92 Å². The van der Waals surface area contributed by atoms with Gasteiger partial charge >= 0.3 is 6.18 Å². The zero-order valence-corrected chi connectivity index (χ0v) is 12.9. The number of nitrogens with zero attached hydrogens (tertiary/aromatic N) is 3. The minimum absolute atomic E-state index is 0.0584. The molecule has 1 N–H and O–H groups in total. The average Bonchev–Trinajstić information content (AvgIpc) is 3.14. The number of ether oxygens (including phenoxy) is 1. The van der Waals surface area contributed by atoms with Crippen LogP contribution < -0.4 is 0 Å². The Labute approximate surface area is 134 Å². The highest BCUT2D eigenvalue weighted by Crippen LogP contribution is 2.30. The number of nitrogens with one attached hydrogen (secondary N) is 1. The predicted octanol–water partition coefficient (Wildman–Crippen LogP) is 2.33. The fourth-order valence-electron chi connectivity index (χ4n) is 2.56. The summed E-state index contributed by atoms with van der Waals surface area (Å²) in [5.74, 6) is 0.0881. The molecule has 0 aromatic carbocycles. The van der Waals surface area contributed by atoms with Crippen molar-refractivity contribution < 1.29 is 27.1 Å². The first-order chi connectivity index (χ1) is 11.2. The lowest BCUT2D eigenvalue weighted by atomic mass is 10.2. The second kappa shape index (κ2) is 5.93. The van der Waals surface area contributed by atoms with E-state index in [-0.39, 0.29) is 30.6 Å². The van der Waals surface area contributed by atoms with Crippen LogP contribution >= 0.6 is 0 Å². The molecule has 0 spiro atoms. The molecule has 130 valence electrons. The lowest BCUT2D eigenvalue weighted by Crippen LogP contribution is -2.46. The van der Waals surface area contributed by atoms with Crippen molar-refractivity contribution >= 4 is 5.91 Å². The standard InChI is InChI=1S/C14H15F3N4O3/c1-7-5-21(6-10(23-7)12-20-19-8(2)24-12)13(22)9-3-11(18-4-9)14(15,16)17/h3-4,7,10,18H,5-6H2,1-2H3/t7-,10-/m1/s1. The maximum Gasteiger partial charge on any atom is 0.431 e. The Bertz CT molecular complexity index is 740. The number of aromatic nitrogens is 3. The van der Waals surface area contributed by atoms with E-state index in [2.05, 4.69) is 15.2 Å². The quantitative estimate of drug-likeness (QED) is 0.904. The number of hydrogen-bond acceptors (Lipinski definition) is 5. The van der Waals surface area contributed by atoms with E-state index in [4.69, 9.17) is 9.15 Å². The molecule has 3 rings (SSSR count). The van der Waals surface area contributed by atoms with Gasteiger partial charge in [-0.1, -0.05) is 0 Å². The monoisotopic (exact) mass is 344 g/mol. The van der Waals surface area contributed by atoms with E-state index in [1.54, 1.807) is 13.8 Å². The predicted molar refractivity (Wildman–Crippen MR) is 74.0 cm³/mol. The molecule has 2 aromatic heterocycles. The van der Waals surface area contributed by atoms with Gasteiger partial charge in [-0.3, -0.25) is 4.79 Å². The highest BCUT2D eigenvalue weighted by molar-refractivity contribution is 5.94. The van der Waals surface area contributed by atoms with Crippen molar-refractivity contribution in [1.29, 1.82) is 0 Å². The van der Waals surface area contributed by atoms with Crippen LogP contribution in [0.2, 0.25) is 0 Å². The summed E-state index contributed by atoms with van der Waals surface area (Å²) in [6.45, 7) is 3.77. The third-order valence-electron chi connectivity index (χ3n) is 3.60. The molecule has 0 aliphatic carbocycles. The molecule has 1 saturated heterocycles. The number of halogens is 3. The summed E-state index contributed by atoms with van der Waals surface area (Å²) in [5.41, 5.74) is -1.02. The Morgan fingerprint density at radius 1 is 1.38 bits per heavy atom. The van der Waals surface area contributed by atoms with Crippen molar-refractivity contribution in [3.63, 3.8) is 0 Å². The Kier molecular flexibility index (Phi) is 4.08. The molecule has 2 atom stereocenters. The maximum atomic E-state index is 12.7. The number of morpholine rings is 1. The summed E-state index contributed by atoms with van der Waals surface area (Å²) in [7, 11) is 0. The molecule has 1 fully saturated rings. The maximum absolute atomic E-state index is 12.7. The molecule has 1 aliphatic rings. The van der Waals surface area contributed by atoms with E-state index in [0.717, 1.165) is 12.3 Å². The molecule has 0 unspecified atom stereocenters. The highest BCUT2D eigenvalue weighted by Gasteiger charge is 2.36. The van der Waals surface area contributed by atoms with Gasteiger partial charge in [0, 0.05) is 19.7 Å². The Morgan fingerprint density at radius 2 is 2.12 bits per heavy atom. The Morgan fingerprint density at radius 3 is 2.71 bits per heavy atom. The number of aromatic amines is 1. The second-order valence-electron chi connectivity index (χ2n) is 5.60. The largest absolute Gasteiger partial charge is 0.431 e. The van der Waals surface area contributed by atoms with Crippen LogP contribution in [0.1, 0.15) is 40.9 Å². The zero-order valence-electron chi connectivity index (χ0n) is 12.9. The molecule has 2 aromatic rings. The third kappa shape index (κ3) is 3.28. The molecule has 3 heterocycles. The normalized spacial score (nSPS) is 22.0. The van der Waals surface area contributed by atoms with E-state index in [0.29, 0.717) is 5.89 Å². The SMILES string of the molecule is Cc1nnc([C@H]2CN(C(=O)c3c[nH]c(C(F)(F)F)c3)C[C@@H](C)O2)o1. The number of rotatable bonds is 2. The van der Waals surface area contributed by atoms with Gasteiger partial charge in [0.2, 0.25) is 11.8 Å². The zero-order chi connectivity index (χ0) is 17.5. The molecular formula is C14H15F3N4O3. The fraction of sp³-hybridized carbons (Fsp3) is 0.500. The van der Waals surface area contributed by atoms with E-state index < -0.39 is 23.9 Å². The summed E-state index contributed by atoms with van der Waals surface area (Å²) in [6, 6.07) is 0.800. The molecule has 0 saturated carbocycles. The van der Waals surface area contributed by atoms with Gasteiger partial charge in [-0.2, -0.15) is 13.2 Å². The van der Waals surface area contributed by atoms with Gasteiger partial charge in [0.1, 0.15) is 5.69 Å². The van der Waals surface area contributed by atoms with Crippen LogP contribution in [-0.4, -0.2) is 45.2 Å². The van der Waals surface area contributed by atoms with Gasteiger partial charge in [0.15, 0.2) is 6.10 Å². The van der Waals surface area contributed by atoms with Crippen LogP contribution in [0.4, 0.5) is 13.2 Å². The van der Waals surface area contributed by atoms with Crippen molar-refractivity contribution in [3.8, 4) is 0 Å². The van der Waals surface area contributed by atoms with Crippen LogP contribution in [0.3, 0.4) is 0 Å². The molecule has 0 radical (unpaired) electrons. The van der Waals surface area contributed by atoms with Gasteiger partial charge in [0.25, 0.3) is 5.91 Å². The molecule has 1 amide bonds. The second-order valence-corrected chi connectivity index (χ2v) is 5.60. The molecule has 1 aliphatic heterocycles. The lowest BCUT2D eigenvalue weighted by Gasteiger charge is -2.35. The first-order valence-electron chi connectivity index (χ1n) is 7.24. The van der Waals surface area contributed by atoms with Gasteiger partial charge in [-0.25, -0.2) is 0 Å². The van der Waals surface area contributed by atoms with E-state index in [1.165, 1.54) is 4.90 Å². The molecular weight excluding hydrogens is 329 g/mol. The molecule has 10 heteroatoms. The summed E-state index contributed by atoms with van der Waals surface area (Å²) in [4.78, 5) is 16.0. The summed E-state index contributed by atoms with van der Waals surface area (Å²) in [5, 5.41) is 7.59. The van der Waals surface area contributed by atoms with Gasteiger partial charge < -0.3 is 19.0 Å². The highest BCUT2D eigenvalue weighted by atomic mass is 19.4. The van der Waals surface area contributed by atoms with E-state index in [9.17, 15) is 18.0 Å². The average molecular weight is 344 g/mol. The number of aryl methyl sites for hydroxylation is 1. The lowest BCUT2D eigenvalue weighted by molar-refractivity contribution is -0.140. The number of H-pyrrole nitrogens is 1. The number of hydrogen-bond donors (Lipinski definition) is 1. The molecule has 0 bridgehead atoms. The van der Waals surface area contributed by atoms with Crippen molar-refractivity contribution in [3.05, 3.63) is 35.3 Å². The van der Waals surface area contributed by atoms with Gasteiger partial charge in [-0.15, -0.1) is 10.2 Å². The first-order valence-corrected chi connectivity index (χ1v) is 7.24. The Hall–Kier alpha value is -2.36. The number of carbonyl (C=O) groups is 1. The molecule has 7 nitrogen and oxygen atoms in total. The van der Waals surface area contributed by atoms with E-state index >= 15 is 0 Å². The number of carbonyl (C=O) groups excluding carboxylic acids is 1. The smallest absolute Gasteiger partial charge is 0.423 e. The fourth-order valence-corrected chi connectivity index (χ4v) is 2.56. The topological polar surface area (TPSA) is 84.2 Å². The van der Waals surface area contributed by atoms with Gasteiger partial charge in [0.05, 0.1) is 18.2 Å². The van der Waals surface area contributed by atoms with Crippen molar-refractivity contribution in [2.45, 2.75) is 32.2 Å². The van der Waals surface area contributed by atoms with Crippen molar-refractivity contribution in [2.75, 3.05) is 13.1 Å². The van der Waals surface area contributed by atoms with Crippen LogP contribution in [0.15, 0.2) is 16.7 Å².